The van der Waals surface area contributed by atoms with Crippen molar-refractivity contribution in [2.75, 3.05) is 0 Å². The molecular formula is C7H6Cl2O. The molecule has 2 aliphatic carbocycles. The molecule has 2 atom stereocenters. The maximum atomic E-state index is 11.0. The maximum absolute atomic E-state index is 11.0. The zero-order valence-electron chi connectivity index (χ0n) is 5.18. The van der Waals surface area contributed by atoms with Crippen molar-refractivity contribution in [3.63, 3.8) is 0 Å². The molecule has 0 aromatic carbocycles. The number of alkyl halides is 2. The van der Waals surface area contributed by atoms with Gasteiger partial charge < -0.3 is 0 Å². The molecule has 1 saturated carbocycles. The fraction of sp³-hybridized carbons (Fsp3) is 0.571. The molecule has 0 bridgehead atoms. The Hall–Kier alpha value is -0.0100. The maximum Gasteiger partial charge on any atom is 0.180 e. The normalized spacial score (nSPS) is 41.2. The molecular weight excluding hydrogens is 171 g/mol. The quantitative estimate of drug-likeness (QED) is 0.408. The number of rotatable bonds is 0. The van der Waals surface area contributed by atoms with E-state index in [1.807, 2.05) is 12.2 Å². The summed E-state index contributed by atoms with van der Waals surface area (Å²) in [5, 5.41) is 0. The van der Waals surface area contributed by atoms with E-state index in [2.05, 4.69) is 0 Å². The molecule has 3 heteroatoms. The van der Waals surface area contributed by atoms with Gasteiger partial charge in [0.2, 0.25) is 0 Å². The highest BCUT2D eigenvalue weighted by molar-refractivity contribution is 6.61. The van der Waals surface area contributed by atoms with Gasteiger partial charge in [0.25, 0.3) is 0 Å². The summed E-state index contributed by atoms with van der Waals surface area (Å²) in [6.45, 7) is 0. The third-order valence-corrected chi connectivity index (χ3v) is 3.20. The average Bonchev–Trinajstić information content (AvgIpc) is 2.31. The predicted octanol–water partition coefficient (Wildman–Crippen LogP) is 1.94. The van der Waals surface area contributed by atoms with Crippen LogP contribution in [0, 0.1) is 11.8 Å². The summed E-state index contributed by atoms with van der Waals surface area (Å²) in [5.41, 5.74) is 0. The van der Waals surface area contributed by atoms with Crippen molar-refractivity contribution in [1.82, 2.24) is 0 Å². The number of hydrogen-bond acceptors (Lipinski definition) is 1. The molecule has 10 heavy (non-hydrogen) atoms. The highest BCUT2D eigenvalue weighted by atomic mass is 35.5. The first kappa shape index (κ1) is 6.68. The Morgan fingerprint density at radius 2 is 2.30 bits per heavy atom. The largest absolute Gasteiger partial charge is 0.296 e. The molecule has 2 unspecified atom stereocenters. The van der Waals surface area contributed by atoms with Crippen LogP contribution in [0.15, 0.2) is 12.2 Å². The number of carbonyl (C=O) groups is 1. The van der Waals surface area contributed by atoms with Crippen molar-refractivity contribution in [2.45, 2.75) is 10.8 Å². The Morgan fingerprint density at radius 1 is 1.60 bits per heavy atom. The molecule has 1 fully saturated rings. The van der Waals surface area contributed by atoms with Crippen LogP contribution in [0.2, 0.25) is 0 Å². The van der Waals surface area contributed by atoms with Gasteiger partial charge in [-0.15, -0.1) is 0 Å². The van der Waals surface area contributed by atoms with Gasteiger partial charge in [-0.2, -0.15) is 0 Å². The molecule has 0 amide bonds. The lowest BCUT2D eigenvalue weighted by molar-refractivity contribution is -0.132. The van der Waals surface area contributed by atoms with Gasteiger partial charge in [-0.05, 0) is 6.42 Å². The molecule has 0 N–H and O–H groups in total. The summed E-state index contributed by atoms with van der Waals surface area (Å²) in [6.07, 6.45) is 4.72. The summed E-state index contributed by atoms with van der Waals surface area (Å²) < 4.78 is -1.08. The minimum Gasteiger partial charge on any atom is -0.296 e. The molecule has 0 spiro atoms. The zero-order valence-corrected chi connectivity index (χ0v) is 6.69. The van der Waals surface area contributed by atoms with Crippen LogP contribution in [0.3, 0.4) is 0 Å². The van der Waals surface area contributed by atoms with Crippen LogP contribution in [0.25, 0.3) is 0 Å². The number of ketones is 1. The number of carbonyl (C=O) groups excluding carboxylic acids is 1. The Morgan fingerprint density at radius 3 is 2.90 bits per heavy atom. The first-order valence-corrected chi connectivity index (χ1v) is 3.98. The van der Waals surface area contributed by atoms with E-state index in [1.165, 1.54) is 0 Å². The Bertz CT molecular complexity index is 220. The van der Waals surface area contributed by atoms with Crippen LogP contribution in [-0.2, 0) is 4.79 Å². The summed E-state index contributed by atoms with van der Waals surface area (Å²) in [4.78, 5) is 11.0. The first-order valence-electron chi connectivity index (χ1n) is 3.23. The highest BCUT2D eigenvalue weighted by Crippen LogP contribution is 2.53. The van der Waals surface area contributed by atoms with Crippen molar-refractivity contribution >= 4 is 29.0 Å². The average molecular weight is 177 g/mol. The second kappa shape index (κ2) is 1.77. The molecule has 0 radical (unpaired) electrons. The minimum atomic E-state index is -1.08. The van der Waals surface area contributed by atoms with Gasteiger partial charge >= 0.3 is 0 Å². The van der Waals surface area contributed by atoms with E-state index in [0.717, 1.165) is 6.42 Å². The predicted molar refractivity (Wildman–Crippen MR) is 40.2 cm³/mol. The van der Waals surface area contributed by atoms with E-state index in [0.29, 0.717) is 0 Å². The fourth-order valence-corrected chi connectivity index (χ4v) is 2.31. The minimum absolute atomic E-state index is 0.0231. The molecule has 0 saturated heterocycles. The highest BCUT2D eigenvalue weighted by Gasteiger charge is 2.60. The Kier molecular flexibility index (Phi) is 1.19. The van der Waals surface area contributed by atoms with Crippen LogP contribution in [0.4, 0.5) is 0 Å². The van der Waals surface area contributed by atoms with E-state index < -0.39 is 4.33 Å². The van der Waals surface area contributed by atoms with Crippen molar-refractivity contribution in [3.8, 4) is 0 Å². The molecule has 54 valence electrons. The van der Waals surface area contributed by atoms with Crippen LogP contribution >= 0.6 is 23.2 Å². The Balaban J connectivity index is 2.28. The van der Waals surface area contributed by atoms with Gasteiger partial charge in [0.05, 0.1) is 0 Å². The van der Waals surface area contributed by atoms with Gasteiger partial charge in [-0.25, -0.2) is 0 Å². The lowest BCUT2D eigenvalue weighted by Gasteiger charge is -2.40. The molecule has 2 aliphatic rings. The number of hydrogen-bond donors (Lipinski definition) is 0. The standard InChI is InChI=1S/C7H6Cl2O/c8-7(9)5-3-1-2-4(5)6(7)10/h1-2,4-5H,3H2. The van der Waals surface area contributed by atoms with Gasteiger partial charge in [-0.3, -0.25) is 4.79 Å². The van der Waals surface area contributed by atoms with Gasteiger partial charge in [0.15, 0.2) is 10.1 Å². The van der Waals surface area contributed by atoms with E-state index in [9.17, 15) is 4.79 Å². The molecule has 0 heterocycles. The fourth-order valence-electron chi connectivity index (χ4n) is 1.60. The summed E-state index contributed by atoms with van der Waals surface area (Å²) in [7, 11) is 0. The monoisotopic (exact) mass is 176 g/mol. The lowest BCUT2D eigenvalue weighted by Crippen LogP contribution is -2.53. The van der Waals surface area contributed by atoms with E-state index in [-0.39, 0.29) is 17.6 Å². The molecule has 2 rings (SSSR count). The smallest absolute Gasteiger partial charge is 0.180 e. The van der Waals surface area contributed by atoms with Gasteiger partial charge in [0.1, 0.15) is 0 Å². The number of allylic oxidation sites excluding steroid dienone is 2. The first-order chi connectivity index (χ1) is 4.64. The number of fused-ring (bicyclic) bond motifs is 1. The second-order valence-electron chi connectivity index (χ2n) is 2.78. The van der Waals surface area contributed by atoms with E-state index in [1.54, 1.807) is 0 Å². The van der Waals surface area contributed by atoms with E-state index >= 15 is 0 Å². The van der Waals surface area contributed by atoms with Crippen LogP contribution in [0.1, 0.15) is 6.42 Å². The molecule has 0 aliphatic heterocycles. The van der Waals surface area contributed by atoms with Crippen molar-refractivity contribution < 1.29 is 4.79 Å². The van der Waals surface area contributed by atoms with Crippen molar-refractivity contribution in [2.24, 2.45) is 11.8 Å². The summed E-state index contributed by atoms with van der Waals surface area (Å²) in [6, 6.07) is 0. The summed E-state index contributed by atoms with van der Waals surface area (Å²) >= 11 is 11.5. The molecule has 0 aromatic heterocycles. The topological polar surface area (TPSA) is 17.1 Å². The van der Waals surface area contributed by atoms with Crippen molar-refractivity contribution in [1.29, 1.82) is 0 Å². The molecule has 1 nitrogen and oxygen atoms in total. The lowest BCUT2D eigenvalue weighted by atomic mass is 9.73. The van der Waals surface area contributed by atoms with Gasteiger partial charge in [-0.1, -0.05) is 35.4 Å². The van der Waals surface area contributed by atoms with Crippen molar-refractivity contribution in [3.05, 3.63) is 12.2 Å². The zero-order chi connectivity index (χ0) is 7.35. The summed E-state index contributed by atoms with van der Waals surface area (Å²) in [5.74, 6) is 0.146. The third-order valence-electron chi connectivity index (χ3n) is 2.26. The van der Waals surface area contributed by atoms with Crippen LogP contribution < -0.4 is 0 Å². The second-order valence-corrected chi connectivity index (χ2v) is 4.17. The van der Waals surface area contributed by atoms with Crippen LogP contribution in [-0.4, -0.2) is 10.1 Å². The third kappa shape index (κ3) is 0.578. The van der Waals surface area contributed by atoms with E-state index in [4.69, 9.17) is 23.2 Å². The van der Waals surface area contributed by atoms with Gasteiger partial charge in [0, 0.05) is 11.8 Å². The Labute approximate surface area is 69.0 Å². The SMILES string of the molecule is O=C1C2C=CCC2C1(Cl)Cl. The number of Topliss-reactive ketones (excluding diaryl/α,β-unsaturated/α-hetero) is 1. The van der Waals surface area contributed by atoms with Crippen LogP contribution in [0.5, 0.6) is 0 Å². The molecule has 0 aromatic rings. The number of halogens is 2.